The Kier molecular flexibility index (Phi) is 4.63. The maximum absolute atomic E-state index is 13.1. The van der Waals surface area contributed by atoms with E-state index in [1.54, 1.807) is 7.11 Å². The summed E-state index contributed by atoms with van der Waals surface area (Å²) in [7, 11) is -2.02. The Morgan fingerprint density at radius 1 is 0.962 bits per heavy atom. The van der Waals surface area contributed by atoms with Crippen LogP contribution in [0, 0.1) is 5.92 Å². The average Bonchev–Trinajstić information content (AvgIpc) is 2.67. The van der Waals surface area contributed by atoms with E-state index in [4.69, 9.17) is 4.74 Å². The molecule has 26 heavy (non-hydrogen) atoms. The Morgan fingerprint density at radius 3 is 2.46 bits per heavy atom. The van der Waals surface area contributed by atoms with Crippen LogP contribution < -0.4 is 14.8 Å². The molecule has 4 rings (SSSR count). The molecule has 2 N–H and O–H groups in total. The first kappa shape index (κ1) is 17.4. The van der Waals surface area contributed by atoms with Crippen molar-refractivity contribution in [1.29, 1.82) is 0 Å². The van der Waals surface area contributed by atoms with Crippen LogP contribution in [-0.4, -0.2) is 21.7 Å². The van der Waals surface area contributed by atoms with Crippen molar-refractivity contribution in [2.75, 3.05) is 12.4 Å². The van der Waals surface area contributed by atoms with Crippen LogP contribution in [0.5, 0.6) is 5.75 Å². The first-order chi connectivity index (χ1) is 12.6. The van der Waals surface area contributed by atoms with Crippen LogP contribution in [0.4, 0.5) is 5.69 Å². The maximum atomic E-state index is 13.1. The minimum absolute atomic E-state index is 0.235. The Hall–Kier alpha value is -2.05. The summed E-state index contributed by atoms with van der Waals surface area (Å²) < 4.78 is 34.6. The molecule has 0 bridgehead atoms. The quantitative estimate of drug-likeness (QED) is 0.855. The van der Waals surface area contributed by atoms with E-state index in [2.05, 4.69) is 10.0 Å². The number of sulfonamides is 1. The molecule has 1 aliphatic heterocycles. The summed E-state index contributed by atoms with van der Waals surface area (Å²) in [5, 5.41) is 3.44. The highest BCUT2D eigenvalue weighted by atomic mass is 32.2. The Balaban J connectivity index is 1.79. The van der Waals surface area contributed by atoms with Gasteiger partial charge in [0.2, 0.25) is 10.0 Å². The monoisotopic (exact) mass is 372 g/mol. The number of methoxy groups -OCH3 is 1. The minimum Gasteiger partial charge on any atom is -0.496 e. The normalized spacial score (nSPS) is 22.3. The first-order valence-corrected chi connectivity index (χ1v) is 10.6. The van der Waals surface area contributed by atoms with E-state index < -0.39 is 10.0 Å². The molecule has 6 heteroatoms. The summed E-state index contributed by atoms with van der Waals surface area (Å²) >= 11 is 0. The van der Waals surface area contributed by atoms with Crippen LogP contribution in [0.25, 0.3) is 11.1 Å². The second-order valence-corrected chi connectivity index (χ2v) is 8.67. The predicted molar refractivity (Wildman–Crippen MR) is 103 cm³/mol. The van der Waals surface area contributed by atoms with Crippen LogP contribution in [0.15, 0.2) is 47.4 Å². The molecule has 5 nitrogen and oxygen atoms in total. The fourth-order valence-corrected chi connectivity index (χ4v) is 5.71. The van der Waals surface area contributed by atoms with Crippen molar-refractivity contribution in [3.05, 3.63) is 42.5 Å². The van der Waals surface area contributed by atoms with E-state index in [9.17, 15) is 8.42 Å². The van der Waals surface area contributed by atoms with Gasteiger partial charge in [0, 0.05) is 11.1 Å². The smallest absolute Gasteiger partial charge is 0.244 e. The van der Waals surface area contributed by atoms with Crippen molar-refractivity contribution in [3.63, 3.8) is 0 Å². The maximum Gasteiger partial charge on any atom is 0.244 e. The van der Waals surface area contributed by atoms with Crippen LogP contribution in [-0.2, 0) is 10.0 Å². The van der Waals surface area contributed by atoms with Gasteiger partial charge in [-0.3, -0.25) is 0 Å². The predicted octanol–water partition coefficient (Wildman–Crippen LogP) is 3.97. The summed E-state index contributed by atoms with van der Waals surface area (Å²) in [6, 6.07) is 13.1. The van der Waals surface area contributed by atoms with Crippen molar-refractivity contribution >= 4 is 15.7 Å². The van der Waals surface area contributed by atoms with Crippen LogP contribution in [0.2, 0.25) is 0 Å². The second-order valence-electron chi connectivity index (χ2n) is 7.02. The fourth-order valence-electron chi connectivity index (χ4n) is 4.12. The number of anilines is 1. The number of para-hydroxylation sites is 1. The average molecular weight is 372 g/mol. The largest absolute Gasteiger partial charge is 0.496 e. The molecule has 1 heterocycles. The highest BCUT2D eigenvalue weighted by Gasteiger charge is 2.36. The standard InChI is InChI=1S/C20H24N2O3S/c1-25-18-13-6-5-10-15(18)16-11-7-12-17-19(16)26(23,24)22-20(21-17)14-8-3-2-4-9-14/h5-7,10-14,20-22H,2-4,8-9H2,1H3. The van der Waals surface area contributed by atoms with Gasteiger partial charge in [-0.2, -0.15) is 4.72 Å². The van der Waals surface area contributed by atoms with Gasteiger partial charge in [-0.15, -0.1) is 0 Å². The number of nitrogens with one attached hydrogen (secondary N) is 2. The molecule has 0 aromatic heterocycles. The van der Waals surface area contributed by atoms with Gasteiger partial charge in [0.15, 0.2) is 0 Å². The minimum atomic E-state index is -3.61. The summed E-state index contributed by atoms with van der Waals surface area (Å²) in [5.74, 6) is 0.993. The van der Waals surface area contributed by atoms with E-state index in [0.29, 0.717) is 27.8 Å². The summed E-state index contributed by atoms with van der Waals surface area (Å²) in [6.45, 7) is 0. The van der Waals surface area contributed by atoms with Crippen molar-refractivity contribution in [1.82, 2.24) is 4.72 Å². The molecular formula is C20H24N2O3S. The summed E-state index contributed by atoms with van der Waals surface area (Å²) in [6.07, 6.45) is 5.45. The molecule has 0 saturated heterocycles. The van der Waals surface area contributed by atoms with E-state index in [1.807, 2.05) is 42.5 Å². The number of fused-ring (bicyclic) bond motifs is 1. The number of hydrogen-bond acceptors (Lipinski definition) is 4. The Morgan fingerprint density at radius 2 is 1.69 bits per heavy atom. The lowest BCUT2D eigenvalue weighted by Gasteiger charge is -2.36. The van der Waals surface area contributed by atoms with E-state index >= 15 is 0 Å². The SMILES string of the molecule is COc1ccccc1-c1cccc2c1S(=O)(=O)NC(C1CCCCC1)N2. The topological polar surface area (TPSA) is 67.4 Å². The number of rotatable bonds is 3. The molecule has 1 aliphatic carbocycles. The van der Waals surface area contributed by atoms with Gasteiger partial charge in [0.25, 0.3) is 0 Å². The van der Waals surface area contributed by atoms with Crippen molar-refractivity contribution in [2.24, 2.45) is 5.92 Å². The van der Waals surface area contributed by atoms with Crippen LogP contribution in [0.3, 0.4) is 0 Å². The molecule has 1 atom stereocenters. The number of benzene rings is 2. The van der Waals surface area contributed by atoms with Gasteiger partial charge in [-0.25, -0.2) is 8.42 Å². The molecule has 2 aliphatic rings. The zero-order valence-corrected chi connectivity index (χ0v) is 15.7. The van der Waals surface area contributed by atoms with Crippen molar-refractivity contribution in [3.8, 4) is 16.9 Å². The van der Waals surface area contributed by atoms with Crippen LogP contribution in [0.1, 0.15) is 32.1 Å². The molecule has 138 valence electrons. The molecule has 1 unspecified atom stereocenters. The lowest BCUT2D eigenvalue weighted by atomic mass is 9.87. The van der Waals surface area contributed by atoms with Gasteiger partial charge in [-0.1, -0.05) is 49.6 Å². The molecule has 0 spiro atoms. The van der Waals surface area contributed by atoms with Gasteiger partial charge >= 0.3 is 0 Å². The fraction of sp³-hybridized carbons (Fsp3) is 0.400. The zero-order valence-electron chi connectivity index (χ0n) is 14.9. The number of hydrogen-bond donors (Lipinski definition) is 2. The van der Waals surface area contributed by atoms with Gasteiger partial charge in [0.1, 0.15) is 10.6 Å². The zero-order chi connectivity index (χ0) is 18.1. The third-order valence-electron chi connectivity index (χ3n) is 5.40. The van der Waals surface area contributed by atoms with E-state index in [1.165, 1.54) is 19.3 Å². The molecule has 1 saturated carbocycles. The van der Waals surface area contributed by atoms with Gasteiger partial charge < -0.3 is 10.1 Å². The summed E-state index contributed by atoms with van der Waals surface area (Å²) in [4.78, 5) is 0.302. The second kappa shape index (κ2) is 6.93. The highest BCUT2D eigenvalue weighted by Crippen LogP contribution is 2.41. The molecule has 2 aromatic carbocycles. The molecule has 1 fully saturated rings. The Bertz CT molecular complexity index is 905. The van der Waals surface area contributed by atoms with Crippen LogP contribution >= 0.6 is 0 Å². The molecular weight excluding hydrogens is 348 g/mol. The van der Waals surface area contributed by atoms with Crippen molar-refractivity contribution < 1.29 is 13.2 Å². The lowest BCUT2D eigenvalue weighted by Crippen LogP contribution is -2.49. The van der Waals surface area contributed by atoms with E-state index in [0.717, 1.165) is 18.4 Å². The molecule has 2 aromatic rings. The van der Waals surface area contributed by atoms with Crippen molar-refractivity contribution in [2.45, 2.75) is 43.2 Å². The summed E-state index contributed by atoms with van der Waals surface area (Å²) in [5.41, 5.74) is 2.10. The third-order valence-corrected chi connectivity index (χ3v) is 6.94. The van der Waals surface area contributed by atoms with E-state index in [-0.39, 0.29) is 6.17 Å². The molecule has 0 radical (unpaired) electrons. The van der Waals surface area contributed by atoms with Gasteiger partial charge in [-0.05, 0) is 30.9 Å². The number of ether oxygens (including phenoxy) is 1. The first-order valence-electron chi connectivity index (χ1n) is 9.15. The highest BCUT2D eigenvalue weighted by molar-refractivity contribution is 7.90. The Labute approximate surface area is 154 Å². The lowest BCUT2D eigenvalue weighted by molar-refractivity contribution is 0.306. The van der Waals surface area contributed by atoms with Gasteiger partial charge in [0.05, 0.1) is 19.0 Å². The third kappa shape index (κ3) is 3.08. The molecule has 0 amide bonds.